The van der Waals surface area contributed by atoms with E-state index in [9.17, 15) is 4.79 Å². The fourth-order valence-electron chi connectivity index (χ4n) is 3.54. The lowest BCUT2D eigenvalue weighted by molar-refractivity contribution is -0.121. The van der Waals surface area contributed by atoms with Crippen molar-refractivity contribution < 1.29 is 9.53 Å². The molecular formula is C20H22N2O2. The lowest BCUT2D eigenvalue weighted by Crippen LogP contribution is -2.34. The highest BCUT2D eigenvalue weighted by molar-refractivity contribution is 5.77. The number of carbonyl (C=O) groups is 1. The quantitative estimate of drug-likeness (QED) is 0.920. The molecule has 24 heavy (non-hydrogen) atoms. The number of carbonyl (C=O) groups excluding carboxylic acids is 1. The topological polar surface area (TPSA) is 51.2 Å². The van der Waals surface area contributed by atoms with Gasteiger partial charge in [-0.3, -0.25) is 9.78 Å². The number of hydrogen-bond acceptors (Lipinski definition) is 3. The van der Waals surface area contributed by atoms with E-state index in [1.807, 2.05) is 36.5 Å². The summed E-state index contributed by atoms with van der Waals surface area (Å²) >= 11 is 0. The summed E-state index contributed by atoms with van der Waals surface area (Å²) in [5, 5.41) is 3.14. The summed E-state index contributed by atoms with van der Waals surface area (Å²) in [4.78, 5) is 16.9. The first-order chi connectivity index (χ1) is 11.8. The van der Waals surface area contributed by atoms with Crippen LogP contribution in [0.5, 0.6) is 5.75 Å². The fourth-order valence-corrected chi connectivity index (χ4v) is 3.54. The molecule has 4 rings (SSSR count). The van der Waals surface area contributed by atoms with Gasteiger partial charge in [0.15, 0.2) is 0 Å². The van der Waals surface area contributed by atoms with Crippen LogP contribution in [-0.2, 0) is 10.2 Å². The third-order valence-corrected chi connectivity index (χ3v) is 5.20. The third-order valence-electron chi connectivity index (χ3n) is 5.20. The lowest BCUT2D eigenvalue weighted by atomic mass is 9.90. The second kappa shape index (κ2) is 6.27. The number of benzene rings is 1. The maximum absolute atomic E-state index is 12.5. The molecule has 4 heteroatoms. The van der Waals surface area contributed by atoms with Crippen LogP contribution < -0.4 is 10.1 Å². The second-order valence-electron chi connectivity index (χ2n) is 6.85. The number of para-hydroxylation sites is 1. The van der Waals surface area contributed by atoms with Crippen molar-refractivity contribution in [2.45, 2.75) is 37.0 Å². The van der Waals surface area contributed by atoms with Gasteiger partial charge < -0.3 is 10.1 Å². The van der Waals surface area contributed by atoms with Crippen molar-refractivity contribution in [3.63, 3.8) is 0 Å². The van der Waals surface area contributed by atoms with Crippen LogP contribution in [0.25, 0.3) is 0 Å². The summed E-state index contributed by atoms with van der Waals surface area (Å²) in [5.41, 5.74) is 2.32. The highest BCUT2D eigenvalue weighted by Crippen LogP contribution is 2.46. The van der Waals surface area contributed by atoms with E-state index in [1.165, 1.54) is 0 Å². The van der Waals surface area contributed by atoms with E-state index >= 15 is 0 Å². The van der Waals surface area contributed by atoms with Gasteiger partial charge in [-0.25, -0.2) is 0 Å². The average Bonchev–Trinajstić information content (AvgIpc) is 3.42. The van der Waals surface area contributed by atoms with Crippen LogP contribution in [0.1, 0.15) is 42.9 Å². The SMILES string of the molecule is O=C(C[C@H]1CCOc2ccccc21)NCC1(c2ccccn2)CC1. The molecule has 1 fully saturated rings. The van der Waals surface area contributed by atoms with Gasteiger partial charge in [0.05, 0.1) is 6.61 Å². The molecule has 1 atom stereocenters. The minimum atomic E-state index is 0.0600. The van der Waals surface area contributed by atoms with Gasteiger partial charge in [-0.2, -0.15) is 0 Å². The van der Waals surface area contributed by atoms with Crippen molar-refractivity contribution in [2.24, 2.45) is 0 Å². The summed E-state index contributed by atoms with van der Waals surface area (Å²) in [6.07, 6.45) is 5.46. The molecule has 2 aromatic rings. The van der Waals surface area contributed by atoms with Crippen LogP contribution in [0.3, 0.4) is 0 Å². The number of aromatic nitrogens is 1. The molecule has 1 aliphatic heterocycles. The van der Waals surface area contributed by atoms with Crippen molar-refractivity contribution in [3.05, 3.63) is 59.9 Å². The van der Waals surface area contributed by atoms with Gasteiger partial charge in [-0.1, -0.05) is 24.3 Å². The molecule has 0 radical (unpaired) electrons. The molecule has 1 amide bonds. The highest BCUT2D eigenvalue weighted by atomic mass is 16.5. The number of fused-ring (bicyclic) bond motifs is 1. The smallest absolute Gasteiger partial charge is 0.220 e. The van der Waals surface area contributed by atoms with Gasteiger partial charge in [-0.15, -0.1) is 0 Å². The number of nitrogens with one attached hydrogen (secondary N) is 1. The Bertz CT molecular complexity index is 725. The predicted molar refractivity (Wildman–Crippen MR) is 92.1 cm³/mol. The van der Waals surface area contributed by atoms with Gasteiger partial charge in [-0.05, 0) is 48.9 Å². The van der Waals surface area contributed by atoms with Gasteiger partial charge in [0.1, 0.15) is 5.75 Å². The number of ether oxygens (including phenoxy) is 1. The Hall–Kier alpha value is -2.36. The monoisotopic (exact) mass is 322 g/mol. The zero-order chi connectivity index (χ0) is 16.4. The summed E-state index contributed by atoms with van der Waals surface area (Å²) in [6.45, 7) is 1.38. The van der Waals surface area contributed by atoms with Gasteiger partial charge >= 0.3 is 0 Å². The van der Waals surface area contributed by atoms with Crippen molar-refractivity contribution >= 4 is 5.91 Å². The molecule has 2 heterocycles. The number of rotatable bonds is 5. The van der Waals surface area contributed by atoms with E-state index in [4.69, 9.17) is 4.74 Å². The molecule has 1 N–H and O–H groups in total. The number of amides is 1. The van der Waals surface area contributed by atoms with Gasteiger partial charge in [0.2, 0.25) is 5.91 Å². The Morgan fingerprint density at radius 2 is 2.04 bits per heavy atom. The Morgan fingerprint density at radius 1 is 1.21 bits per heavy atom. The molecule has 124 valence electrons. The normalized spacial score (nSPS) is 20.6. The number of nitrogens with zero attached hydrogens (tertiary/aromatic N) is 1. The lowest BCUT2D eigenvalue weighted by Gasteiger charge is -2.25. The number of hydrogen-bond donors (Lipinski definition) is 1. The molecule has 0 spiro atoms. The number of pyridine rings is 1. The first-order valence-corrected chi connectivity index (χ1v) is 8.67. The van der Waals surface area contributed by atoms with Gasteiger partial charge in [0.25, 0.3) is 0 Å². The molecular weight excluding hydrogens is 300 g/mol. The van der Waals surface area contributed by atoms with Crippen molar-refractivity contribution in [1.29, 1.82) is 0 Å². The van der Waals surface area contributed by atoms with Crippen LogP contribution in [0.4, 0.5) is 0 Å². The average molecular weight is 322 g/mol. The molecule has 2 aliphatic rings. The first kappa shape index (κ1) is 15.2. The maximum Gasteiger partial charge on any atom is 0.220 e. The Labute approximate surface area is 142 Å². The summed E-state index contributed by atoms with van der Waals surface area (Å²) < 4.78 is 5.68. The Morgan fingerprint density at radius 3 is 2.83 bits per heavy atom. The standard InChI is InChI=1S/C20H22N2O2/c23-19(13-15-8-12-24-17-6-2-1-5-16(15)17)22-14-20(9-10-20)18-7-3-4-11-21-18/h1-7,11,15H,8-10,12-14H2,(H,22,23)/t15-/m1/s1. The fraction of sp³-hybridized carbons (Fsp3) is 0.400. The Kier molecular flexibility index (Phi) is 3.97. The molecule has 0 saturated heterocycles. The van der Waals surface area contributed by atoms with E-state index in [2.05, 4.69) is 22.4 Å². The van der Waals surface area contributed by atoms with Crippen LogP contribution in [-0.4, -0.2) is 24.0 Å². The van der Waals surface area contributed by atoms with Crippen LogP contribution in [0, 0.1) is 0 Å². The highest BCUT2D eigenvalue weighted by Gasteiger charge is 2.45. The molecule has 1 aliphatic carbocycles. The molecule has 4 nitrogen and oxygen atoms in total. The summed E-state index contributed by atoms with van der Waals surface area (Å²) in [7, 11) is 0. The Balaban J connectivity index is 1.37. The van der Waals surface area contributed by atoms with Crippen LogP contribution in [0.15, 0.2) is 48.7 Å². The van der Waals surface area contributed by atoms with Crippen molar-refractivity contribution in [2.75, 3.05) is 13.2 Å². The molecule has 1 saturated carbocycles. The van der Waals surface area contributed by atoms with Crippen LogP contribution in [0.2, 0.25) is 0 Å². The predicted octanol–water partition coefficient (Wildman–Crippen LogP) is 3.19. The zero-order valence-corrected chi connectivity index (χ0v) is 13.7. The third kappa shape index (κ3) is 3.01. The minimum Gasteiger partial charge on any atom is -0.493 e. The van der Waals surface area contributed by atoms with E-state index in [-0.39, 0.29) is 17.2 Å². The van der Waals surface area contributed by atoms with E-state index in [1.54, 1.807) is 0 Å². The maximum atomic E-state index is 12.5. The summed E-state index contributed by atoms with van der Waals surface area (Å²) in [6, 6.07) is 14.1. The van der Waals surface area contributed by atoms with E-state index in [0.29, 0.717) is 19.6 Å². The second-order valence-corrected chi connectivity index (χ2v) is 6.85. The minimum absolute atomic E-state index is 0.0600. The summed E-state index contributed by atoms with van der Waals surface area (Å²) in [5.74, 6) is 1.30. The zero-order valence-electron chi connectivity index (χ0n) is 13.7. The van der Waals surface area contributed by atoms with Crippen molar-refractivity contribution in [3.8, 4) is 5.75 Å². The molecule has 0 bridgehead atoms. The van der Waals surface area contributed by atoms with Gasteiger partial charge in [0, 0.05) is 30.3 Å². The van der Waals surface area contributed by atoms with E-state index in [0.717, 1.165) is 36.3 Å². The van der Waals surface area contributed by atoms with Crippen molar-refractivity contribution in [1.82, 2.24) is 10.3 Å². The van der Waals surface area contributed by atoms with E-state index < -0.39 is 0 Å². The molecule has 0 unspecified atom stereocenters. The molecule has 1 aromatic heterocycles. The molecule has 1 aromatic carbocycles. The van der Waals surface area contributed by atoms with Crippen LogP contribution >= 0.6 is 0 Å². The first-order valence-electron chi connectivity index (χ1n) is 8.67. The largest absolute Gasteiger partial charge is 0.493 e.